The lowest BCUT2D eigenvalue weighted by Gasteiger charge is -2.26. The molecule has 0 aliphatic heterocycles. The third-order valence-electron chi connectivity index (χ3n) is 3.70. The molecule has 0 bridgehead atoms. The summed E-state index contributed by atoms with van der Waals surface area (Å²) >= 11 is 0. The van der Waals surface area contributed by atoms with Crippen molar-refractivity contribution in [1.82, 2.24) is 0 Å². The first kappa shape index (κ1) is 14.0. The molecule has 0 aromatic carbocycles. The Kier molecular flexibility index (Phi) is 6.48. The van der Waals surface area contributed by atoms with Gasteiger partial charge in [0.2, 0.25) is 0 Å². The molecule has 3 atom stereocenters. The Morgan fingerprint density at radius 3 is 1.36 bits per heavy atom. The van der Waals surface area contributed by atoms with Crippen LogP contribution in [0.4, 0.5) is 0 Å². The van der Waals surface area contributed by atoms with E-state index in [0.717, 1.165) is 29.6 Å². The van der Waals surface area contributed by atoms with E-state index in [9.17, 15) is 0 Å². The van der Waals surface area contributed by atoms with E-state index in [1.807, 2.05) is 0 Å². The maximum atomic E-state index is 2.42. The van der Waals surface area contributed by atoms with Crippen LogP contribution in [0.3, 0.4) is 0 Å². The molecule has 0 heterocycles. The third kappa shape index (κ3) is 5.67. The third-order valence-corrected chi connectivity index (χ3v) is 3.70. The molecule has 0 heteroatoms. The second-order valence-corrected chi connectivity index (χ2v) is 6.04. The average Bonchev–Trinajstić information content (AvgIpc) is 2.02. The Morgan fingerprint density at radius 1 is 0.571 bits per heavy atom. The van der Waals surface area contributed by atoms with Crippen molar-refractivity contribution in [3.8, 4) is 0 Å². The summed E-state index contributed by atoms with van der Waals surface area (Å²) in [6.45, 7) is 16.6. The van der Waals surface area contributed by atoms with Crippen LogP contribution in [0, 0.1) is 29.6 Å². The fraction of sp³-hybridized carbons (Fsp3) is 1.00. The first-order chi connectivity index (χ1) is 6.34. The van der Waals surface area contributed by atoms with E-state index in [1.54, 1.807) is 0 Å². The van der Waals surface area contributed by atoms with Crippen LogP contribution in [-0.2, 0) is 0 Å². The van der Waals surface area contributed by atoms with E-state index in [2.05, 4.69) is 48.5 Å². The van der Waals surface area contributed by atoms with Gasteiger partial charge in [0.15, 0.2) is 0 Å². The van der Waals surface area contributed by atoms with Crippen LogP contribution in [0.25, 0.3) is 0 Å². The van der Waals surface area contributed by atoms with Gasteiger partial charge in [0.05, 0.1) is 0 Å². The van der Waals surface area contributed by atoms with Gasteiger partial charge in [-0.2, -0.15) is 0 Å². The van der Waals surface area contributed by atoms with E-state index in [0.29, 0.717) is 0 Å². The van der Waals surface area contributed by atoms with E-state index < -0.39 is 0 Å². The Balaban J connectivity index is 3.88. The molecule has 0 aromatic rings. The lowest BCUT2D eigenvalue weighted by Crippen LogP contribution is -2.16. The zero-order valence-corrected chi connectivity index (χ0v) is 11.3. The first-order valence-corrected chi connectivity index (χ1v) is 6.34. The quantitative estimate of drug-likeness (QED) is 0.564. The van der Waals surface area contributed by atoms with Crippen molar-refractivity contribution < 1.29 is 0 Å². The van der Waals surface area contributed by atoms with Gasteiger partial charge in [-0.25, -0.2) is 0 Å². The highest BCUT2D eigenvalue weighted by Gasteiger charge is 2.17. The molecule has 0 fully saturated rings. The van der Waals surface area contributed by atoms with Crippen molar-refractivity contribution in [1.29, 1.82) is 0 Å². The van der Waals surface area contributed by atoms with E-state index in [-0.39, 0.29) is 0 Å². The zero-order chi connectivity index (χ0) is 11.3. The Morgan fingerprint density at radius 2 is 1.00 bits per heavy atom. The van der Waals surface area contributed by atoms with Gasteiger partial charge in [-0.15, -0.1) is 0 Å². The minimum Gasteiger partial charge on any atom is -0.0628 e. The van der Waals surface area contributed by atoms with Crippen molar-refractivity contribution in [3.05, 3.63) is 0 Å². The molecule has 0 amide bonds. The van der Waals surface area contributed by atoms with Gasteiger partial charge in [-0.3, -0.25) is 0 Å². The molecule has 0 aliphatic carbocycles. The number of hydrogen-bond acceptors (Lipinski definition) is 0. The molecule has 0 aliphatic rings. The van der Waals surface area contributed by atoms with Crippen LogP contribution >= 0.6 is 0 Å². The predicted octanol–water partition coefficient (Wildman–Crippen LogP) is 4.99. The molecular formula is C14H30. The highest BCUT2D eigenvalue weighted by Crippen LogP contribution is 2.28. The fourth-order valence-corrected chi connectivity index (χ4v) is 2.07. The van der Waals surface area contributed by atoms with Gasteiger partial charge in [-0.1, -0.05) is 48.5 Å². The van der Waals surface area contributed by atoms with Gasteiger partial charge in [0.25, 0.3) is 0 Å². The largest absolute Gasteiger partial charge is 0.0628 e. The summed E-state index contributed by atoms with van der Waals surface area (Å²) in [5.74, 6) is 4.33. The molecule has 3 unspecified atom stereocenters. The molecule has 0 saturated heterocycles. The first-order valence-electron chi connectivity index (χ1n) is 6.34. The molecule has 0 aromatic heterocycles. The molecule has 86 valence electrons. The van der Waals surface area contributed by atoms with Gasteiger partial charge in [0, 0.05) is 0 Å². The number of rotatable bonds is 6. The number of hydrogen-bond donors (Lipinski definition) is 0. The van der Waals surface area contributed by atoms with Crippen molar-refractivity contribution in [2.75, 3.05) is 0 Å². The van der Waals surface area contributed by atoms with Crippen LogP contribution in [0.1, 0.15) is 61.3 Å². The van der Waals surface area contributed by atoms with Crippen molar-refractivity contribution >= 4 is 0 Å². The lowest BCUT2D eigenvalue weighted by atomic mass is 9.80. The highest BCUT2D eigenvalue weighted by molar-refractivity contribution is 4.68. The summed E-state index contributed by atoms with van der Waals surface area (Å²) in [5, 5.41) is 0. The smallest absolute Gasteiger partial charge is 0.0414 e. The second kappa shape index (κ2) is 6.48. The Bertz CT molecular complexity index is 135. The maximum absolute atomic E-state index is 2.42. The molecule has 0 nitrogen and oxygen atoms in total. The van der Waals surface area contributed by atoms with E-state index >= 15 is 0 Å². The molecule has 0 N–H and O–H groups in total. The summed E-state index contributed by atoms with van der Waals surface area (Å²) in [6, 6.07) is 0. The predicted molar refractivity (Wildman–Crippen MR) is 66.4 cm³/mol. The minimum atomic E-state index is 0.837. The second-order valence-electron chi connectivity index (χ2n) is 6.04. The normalized spacial score (nSPS) is 18.6. The van der Waals surface area contributed by atoms with Crippen LogP contribution in [0.15, 0.2) is 0 Å². The highest BCUT2D eigenvalue weighted by atomic mass is 14.2. The summed E-state index contributed by atoms with van der Waals surface area (Å²) < 4.78 is 0. The van der Waals surface area contributed by atoms with Crippen molar-refractivity contribution in [3.63, 3.8) is 0 Å². The fourth-order valence-electron chi connectivity index (χ4n) is 2.07. The standard InChI is InChI=1S/C14H30/c1-10(2)8-13(6)14(7)9-12(5)11(3)4/h10-14H,8-9H2,1-7H3. The van der Waals surface area contributed by atoms with Crippen LogP contribution in [0.5, 0.6) is 0 Å². The van der Waals surface area contributed by atoms with Gasteiger partial charge < -0.3 is 0 Å². The molecule has 14 heavy (non-hydrogen) atoms. The van der Waals surface area contributed by atoms with Crippen LogP contribution in [-0.4, -0.2) is 0 Å². The zero-order valence-electron chi connectivity index (χ0n) is 11.3. The monoisotopic (exact) mass is 198 g/mol. The van der Waals surface area contributed by atoms with Crippen LogP contribution < -0.4 is 0 Å². The molecule has 0 rings (SSSR count). The van der Waals surface area contributed by atoms with E-state index in [1.165, 1.54) is 12.8 Å². The molecular weight excluding hydrogens is 168 g/mol. The van der Waals surface area contributed by atoms with Gasteiger partial charge in [-0.05, 0) is 42.4 Å². The molecule has 0 radical (unpaired) electrons. The van der Waals surface area contributed by atoms with Crippen molar-refractivity contribution in [2.24, 2.45) is 29.6 Å². The van der Waals surface area contributed by atoms with Crippen molar-refractivity contribution in [2.45, 2.75) is 61.3 Å². The summed E-state index contributed by atoms with van der Waals surface area (Å²) in [5.41, 5.74) is 0. The maximum Gasteiger partial charge on any atom is -0.0414 e. The summed E-state index contributed by atoms with van der Waals surface area (Å²) in [6.07, 6.45) is 2.78. The van der Waals surface area contributed by atoms with Gasteiger partial charge in [0.1, 0.15) is 0 Å². The lowest BCUT2D eigenvalue weighted by molar-refractivity contribution is 0.247. The molecule has 0 spiro atoms. The molecule has 0 saturated carbocycles. The Hall–Kier alpha value is 0. The van der Waals surface area contributed by atoms with Crippen LogP contribution in [0.2, 0.25) is 0 Å². The summed E-state index contributed by atoms with van der Waals surface area (Å²) in [4.78, 5) is 0. The summed E-state index contributed by atoms with van der Waals surface area (Å²) in [7, 11) is 0. The SMILES string of the molecule is CC(C)CC(C)C(C)CC(C)C(C)C. The topological polar surface area (TPSA) is 0 Å². The average molecular weight is 198 g/mol. The Labute approximate surface area is 91.5 Å². The van der Waals surface area contributed by atoms with E-state index in [4.69, 9.17) is 0 Å². The minimum absolute atomic E-state index is 0.837. The van der Waals surface area contributed by atoms with Gasteiger partial charge >= 0.3 is 0 Å².